The minimum atomic E-state index is -2.95. The van der Waals surface area contributed by atoms with Crippen LogP contribution in [0.3, 0.4) is 0 Å². The predicted octanol–water partition coefficient (Wildman–Crippen LogP) is 1.98. The lowest BCUT2D eigenvalue weighted by molar-refractivity contribution is 0.595. The van der Waals surface area contributed by atoms with Crippen LogP contribution in [0.1, 0.15) is 37.4 Å². The first-order valence-corrected chi connectivity index (χ1v) is 9.67. The van der Waals surface area contributed by atoms with Crippen molar-refractivity contribution in [1.82, 2.24) is 15.6 Å². The first-order chi connectivity index (χ1) is 9.88. The highest BCUT2D eigenvalue weighted by molar-refractivity contribution is 14.0. The second-order valence-corrected chi connectivity index (χ2v) is 8.33. The summed E-state index contributed by atoms with van der Waals surface area (Å²) in [7, 11) is -1.29. The van der Waals surface area contributed by atoms with E-state index in [1.54, 1.807) is 25.3 Å². The third-order valence-electron chi connectivity index (χ3n) is 2.94. The topological polar surface area (TPSA) is 83.5 Å². The Morgan fingerprint density at radius 3 is 2.59 bits per heavy atom. The van der Waals surface area contributed by atoms with Gasteiger partial charge in [0.15, 0.2) is 15.8 Å². The van der Waals surface area contributed by atoms with Crippen LogP contribution in [0, 0.1) is 0 Å². The molecule has 0 atom stereocenters. The number of nitrogens with zero attached hydrogens (tertiary/aromatic N) is 2. The summed E-state index contributed by atoms with van der Waals surface area (Å²) in [5.74, 6) is 1.28. The third-order valence-corrected chi connectivity index (χ3v) is 5.51. The summed E-state index contributed by atoms with van der Waals surface area (Å²) in [6.07, 6.45) is 0. The zero-order valence-electron chi connectivity index (χ0n) is 13.4. The van der Waals surface area contributed by atoms with E-state index < -0.39 is 9.84 Å². The van der Waals surface area contributed by atoms with Gasteiger partial charge in [-0.15, -0.1) is 35.3 Å². The molecule has 1 heterocycles. The number of guanidine groups is 1. The second kappa shape index (κ2) is 10.4. The van der Waals surface area contributed by atoms with Gasteiger partial charge in [0.1, 0.15) is 5.01 Å². The maximum atomic E-state index is 11.4. The van der Waals surface area contributed by atoms with Crippen LogP contribution in [0.15, 0.2) is 10.4 Å². The van der Waals surface area contributed by atoms with Gasteiger partial charge in [-0.2, -0.15) is 0 Å². The average Bonchev–Trinajstić information content (AvgIpc) is 2.91. The van der Waals surface area contributed by atoms with Crippen molar-refractivity contribution in [2.24, 2.45) is 4.99 Å². The van der Waals surface area contributed by atoms with Crippen LogP contribution in [0.4, 0.5) is 0 Å². The predicted molar refractivity (Wildman–Crippen MR) is 104 cm³/mol. The fourth-order valence-electron chi connectivity index (χ4n) is 1.52. The standard InChI is InChI=1S/C13H24N4O2S2.HI/c1-5-21(18,19)7-6-15-13(14-4)16-8-12-17-11(9-20-12)10(2)3;/h9-10H,5-8H2,1-4H3,(H2,14,15,16);1H. The van der Waals surface area contributed by atoms with Gasteiger partial charge >= 0.3 is 0 Å². The van der Waals surface area contributed by atoms with Crippen molar-refractivity contribution in [3.05, 3.63) is 16.1 Å². The van der Waals surface area contributed by atoms with Crippen molar-refractivity contribution in [3.8, 4) is 0 Å². The van der Waals surface area contributed by atoms with E-state index >= 15 is 0 Å². The summed E-state index contributed by atoms with van der Waals surface area (Å²) < 4.78 is 22.8. The van der Waals surface area contributed by atoms with E-state index in [9.17, 15) is 8.42 Å². The molecule has 1 rings (SSSR count). The first kappa shape index (κ1) is 21.6. The maximum absolute atomic E-state index is 11.4. The largest absolute Gasteiger partial charge is 0.355 e. The molecular weight excluding hydrogens is 435 g/mol. The fourth-order valence-corrected chi connectivity index (χ4v) is 3.12. The number of aliphatic imine (C=N–C) groups is 1. The molecule has 0 aliphatic heterocycles. The van der Waals surface area contributed by atoms with Crippen LogP contribution < -0.4 is 10.6 Å². The summed E-state index contributed by atoms with van der Waals surface area (Å²) in [4.78, 5) is 8.59. The molecule has 0 unspecified atom stereocenters. The highest BCUT2D eigenvalue weighted by atomic mass is 127. The number of nitrogens with one attached hydrogen (secondary N) is 2. The van der Waals surface area contributed by atoms with Gasteiger partial charge in [0.25, 0.3) is 0 Å². The summed E-state index contributed by atoms with van der Waals surface area (Å²) in [6.45, 7) is 6.81. The Kier molecular flexibility index (Phi) is 10.2. The Hall–Kier alpha value is -0.420. The van der Waals surface area contributed by atoms with Gasteiger partial charge in [-0.05, 0) is 5.92 Å². The molecule has 0 saturated heterocycles. The van der Waals surface area contributed by atoms with Crippen LogP contribution in [-0.4, -0.2) is 44.5 Å². The molecule has 1 aromatic heterocycles. The van der Waals surface area contributed by atoms with Gasteiger partial charge < -0.3 is 10.6 Å². The SMILES string of the molecule is CCS(=O)(=O)CCNC(=NC)NCc1nc(C(C)C)cs1.I. The van der Waals surface area contributed by atoms with Crippen LogP contribution in [0.25, 0.3) is 0 Å². The number of rotatable bonds is 7. The van der Waals surface area contributed by atoms with Crippen molar-refractivity contribution in [3.63, 3.8) is 0 Å². The van der Waals surface area contributed by atoms with Crippen LogP contribution in [0.5, 0.6) is 0 Å². The smallest absolute Gasteiger partial charge is 0.191 e. The van der Waals surface area contributed by atoms with E-state index in [0.29, 0.717) is 25.0 Å². The molecule has 2 N–H and O–H groups in total. The molecule has 0 aromatic carbocycles. The van der Waals surface area contributed by atoms with Gasteiger partial charge in [-0.25, -0.2) is 13.4 Å². The lowest BCUT2D eigenvalue weighted by atomic mass is 10.2. The summed E-state index contributed by atoms with van der Waals surface area (Å²) in [5.41, 5.74) is 1.09. The van der Waals surface area contributed by atoms with Gasteiger partial charge in [-0.3, -0.25) is 4.99 Å². The zero-order chi connectivity index (χ0) is 15.9. The van der Waals surface area contributed by atoms with Crippen molar-refractivity contribution in [1.29, 1.82) is 0 Å². The summed E-state index contributed by atoms with van der Waals surface area (Å²) >= 11 is 1.61. The first-order valence-electron chi connectivity index (χ1n) is 6.97. The number of hydrogen-bond acceptors (Lipinski definition) is 5. The highest BCUT2D eigenvalue weighted by Crippen LogP contribution is 2.17. The molecular formula is C13H25IN4O2S2. The van der Waals surface area contributed by atoms with E-state index in [2.05, 4.69) is 39.8 Å². The molecule has 0 bridgehead atoms. The number of hydrogen-bond donors (Lipinski definition) is 2. The summed E-state index contributed by atoms with van der Waals surface area (Å²) in [6, 6.07) is 0. The monoisotopic (exact) mass is 460 g/mol. The van der Waals surface area contributed by atoms with Gasteiger partial charge in [0.2, 0.25) is 0 Å². The third kappa shape index (κ3) is 7.73. The number of thiazole rings is 1. The Morgan fingerprint density at radius 2 is 2.09 bits per heavy atom. The van der Waals surface area contributed by atoms with Crippen LogP contribution >= 0.6 is 35.3 Å². The highest BCUT2D eigenvalue weighted by Gasteiger charge is 2.08. The molecule has 9 heteroatoms. The van der Waals surface area contributed by atoms with Crippen molar-refractivity contribution in [2.45, 2.75) is 33.2 Å². The van der Waals surface area contributed by atoms with Gasteiger partial charge in [-0.1, -0.05) is 20.8 Å². The second-order valence-electron chi connectivity index (χ2n) is 4.91. The molecule has 22 heavy (non-hydrogen) atoms. The molecule has 0 radical (unpaired) electrons. The van der Waals surface area contributed by atoms with E-state index in [1.807, 2.05) is 0 Å². The summed E-state index contributed by atoms with van der Waals surface area (Å²) in [5, 5.41) is 9.18. The molecule has 0 saturated carbocycles. The zero-order valence-corrected chi connectivity index (χ0v) is 17.4. The van der Waals surface area contributed by atoms with E-state index in [1.165, 1.54) is 0 Å². The molecule has 128 valence electrons. The lowest BCUT2D eigenvalue weighted by Gasteiger charge is -2.10. The minimum Gasteiger partial charge on any atom is -0.355 e. The Balaban J connectivity index is 0.00000441. The molecule has 0 aliphatic rings. The van der Waals surface area contributed by atoms with Crippen LogP contribution in [-0.2, 0) is 16.4 Å². The molecule has 0 fully saturated rings. The average molecular weight is 460 g/mol. The molecule has 1 aromatic rings. The van der Waals surface area contributed by atoms with Gasteiger partial charge in [0.05, 0.1) is 18.0 Å². The van der Waals surface area contributed by atoms with E-state index in [0.717, 1.165) is 10.7 Å². The maximum Gasteiger partial charge on any atom is 0.191 e. The van der Waals surface area contributed by atoms with E-state index in [-0.39, 0.29) is 35.5 Å². The number of sulfone groups is 1. The molecule has 6 nitrogen and oxygen atoms in total. The van der Waals surface area contributed by atoms with Gasteiger partial charge in [0, 0.05) is 24.7 Å². The lowest BCUT2D eigenvalue weighted by Crippen LogP contribution is -2.39. The molecule has 0 amide bonds. The van der Waals surface area contributed by atoms with Crippen molar-refractivity contribution in [2.75, 3.05) is 25.1 Å². The molecule has 0 aliphatic carbocycles. The Labute approximate surface area is 154 Å². The van der Waals surface area contributed by atoms with Crippen LogP contribution in [0.2, 0.25) is 0 Å². The Morgan fingerprint density at radius 1 is 1.41 bits per heavy atom. The van der Waals surface area contributed by atoms with E-state index in [4.69, 9.17) is 0 Å². The normalized spacial score (nSPS) is 12.1. The number of halogens is 1. The minimum absolute atomic E-state index is 0. The quantitative estimate of drug-likeness (QED) is 0.370. The van der Waals surface area contributed by atoms with Crippen molar-refractivity contribution < 1.29 is 8.42 Å². The van der Waals surface area contributed by atoms with Crippen molar-refractivity contribution >= 4 is 51.1 Å². The number of aromatic nitrogens is 1. The Bertz CT molecular complexity index is 570. The fraction of sp³-hybridized carbons (Fsp3) is 0.692. The molecule has 0 spiro atoms.